The van der Waals surface area contributed by atoms with E-state index in [1.807, 2.05) is 0 Å². The molecule has 0 rings (SSSR count). The van der Waals surface area contributed by atoms with E-state index in [1.165, 1.54) is 4.90 Å². The lowest BCUT2D eigenvalue weighted by molar-refractivity contribution is -0.156. The van der Waals surface area contributed by atoms with Crippen LogP contribution >= 0.6 is 0 Å². The molecule has 0 aromatic rings. The monoisotopic (exact) mass is 202 g/mol. The van der Waals surface area contributed by atoms with E-state index in [1.54, 1.807) is 21.0 Å². The number of hydrogen-bond acceptors (Lipinski definition) is 3. The molecule has 0 radical (unpaired) electrons. The number of carbonyl (C=O) groups is 3. The molecule has 0 saturated carbocycles. The van der Waals surface area contributed by atoms with Crippen LogP contribution < -0.4 is 0 Å². The summed E-state index contributed by atoms with van der Waals surface area (Å²) in [6, 6.07) is 0. The number of rotatable bonds is 3. The van der Waals surface area contributed by atoms with Crippen LogP contribution in [0.5, 0.6) is 0 Å². The highest BCUT2D eigenvalue weighted by Gasteiger charge is 2.22. The van der Waals surface area contributed by atoms with Crippen molar-refractivity contribution < 1.29 is 19.5 Å². The van der Waals surface area contributed by atoms with E-state index < -0.39 is 11.9 Å². The van der Waals surface area contributed by atoms with Crippen LogP contribution in [0.2, 0.25) is 0 Å². The fourth-order valence-corrected chi connectivity index (χ4v) is 0.767. The molecule has 0 unspecified atom stereocenters. The maximum atomic E-state index is 11.2. The van der Waals surface area contributed by atoms with Gasteiger partial charge in [-0.15, -0.1) is 0 Å². The number of hydrogen-bond donors (Lipinski definition) is 1. The van der Waals surface area contributed by atoms with Gasteiger partial charge in [0.15, 0.2) is 0 Å². The molecule has 2 amide bonds. The second kappa shape index (κ2) is 5.21. The van der Waals surface area contributed by atoms with Gasteiger partial charge in [-0.1, -0.05) is 0 Å². The largest absolute Gasteiger partial charge is 0.474 e. The van der Waals surface area contributed by atoms with Gasteiger partial charge < -0.3 is 14.9 Å². The molecule has 0 aliphatic heterocycles. The molecule has 0 aromatic carbocycles. The highest BCUT2D eigenvalue weighted by molar-refractivity contribution is 6.31. The van der Waals surface area contributed by atoms with Crippen molar-refractivity contribution in [3.05, 3.63) is 0 Å². The zero-order valence-corrected chi connectivity index (χ0v) is 8.48. The molecule has 0 atom stereocenters. The average molecular weight is 202 g/mol. The maximum Gasteiger partial charge on any atom is 0.394 e. The lowest BCUT2D eigenvalue weighted by Gasteiger charge is -2.20. The van der Waals surface area contributed by atoms with Crippen LogP contribution in [0.1, 0.15) is 6.92 Å². The van der Waals surface area contributed by atoms with E-state index in [0.29, 0.717) is 0 Å². The molecule has 0 aromatic heterocycles. The van der Waals surface area contributed by atoms with Crippen LogP contribution in [0, 0.1) is 0 Å². The molecule has 6 heteroatoms. The maximum absolute atomic E-state index is 11.2. The number of amides is 2. The Morgan fingerprint density at radius 1 is 1.21 bits per heavy atom. The molecule has 0 heterocycles. The lowest BCUT2D eigenvalue weighted by atomic mass is 10.4. The van der Waals surface area contributed by atoms with Gasteiger partial charge in [0.25, 0.3) is 0 Å². The Kier molecular flexibility index (Phi) is 4.62. The summed E-state index contributed by atoms with van der Waals surface area (Å²) in [7, 11) is 3.09. The third kappa shape index (κ3) is 3.42. The van der Waals surface area contributed by atoms with E-state index in [2.05, 4.69) is 0 Å². The lowest BCUT2D eigenvalue weighted by Crippen LogP contribution is -2.43. The first kappa shape index (κ1) is 12.4. The number of carboxylic acid groups (broad SMARTS) is 1. The van der Waals surface area contributed by atoms with Gasteiger partial charge in [-0.3, -0.25) is 9.59 Å². The number of carboxylic acids is 1. The van der Waals surface area contributed by atoms with Crippen LogP contribution in [-0.4, -0.2) is 59.9 Å². The molecule has 1 N–H and O–H groups in total. The molecule has 0 spiro atoms. The van der Waals surface area contributed by atoms with Crippen molar-refractivity contribution in [2.45, 2.75) is 6.92 Å². The molecular formula is C8H14N2O4. The summed E-state index contributed by atoms with van der Waals surface area (Å²) < 4.78 is 0. The van der Waals surface area contributed by atoms with Crippen molar-refractivity contribution in [3.63, 3.8) is 0 Å². The third-order valence-electron chi connectivity index (χ3n) is 1.68. The summed E-state index contributed by atoms with van der Waals surface area (Å²) in [5.41, 5.74) is 0. The molecule has 0 aliphatic rings. The summed E-state index contributed by atoms with van der Waals surface area (Å²) in [4.78, 5) is 34.8. The summed E-state index contributed by atoms with van der Waals surface area (Å²) in [5.74, 6) is -2.90. The number of likely N-dealkylation sites (N-methyl/N-ethyl adjacent to an activating group) is 2. The van der Waals surface area contributed by atoms with Crippen LogP contribution in [0.4, 0.5) is 0 Å². The van der Waals surface area contributed by atoms with Crippen molar-refractivity contribution in [1.29, 1.82) is 0 Å². The predicted molar refractivity (Wildman–Crippen MR) is 48.6 cm³/mol. The number of aliphatic carboxylic acids is 1. The minimum Gasteiger partial charge on any atom is -0.474 e. The first-order valence-corrected chi connectivity index (χ1v) is 4.12. The predicted octanol–water partition coefficient (Wildman–Crippen LogP) is -0.992. The van der Waals surface area contributed by atoms with E-state index in [9.17, 15) is 14.4 Å². The molecule has 14 heavy (non-hydrogen) atoms. The second-order valence-corrected chi connectivity index (χ2v) is 2.91. The second-order valence-electron chi connectivity index (χ2n) is 2.91. The van der Waals surface area contributed by atoms with Gasteiger partial charge >= 0.3 is 11.9 Å². The van der Waals surface area contributed by atoms with Gasteiger partial charge in [0.05, 0.1) is 0 Å². The third-order valence-corrected chi connectivity index (χ3v) is 1.68. The van der Waals surface area contributed by atoms with Crippen LogP contribution in [0.15, 0.2) is 0 Å². The zero-order valence-electron chi connectivity index (χ0n) is 8.48. The van der Waals surface area contributed by atoms with E-state index in [4.69, 9.17) is 5.11 Å². The average Bonchev–Trinajstić information content (AvgIpc) is 2.12. The SMILES string of the molecule is CCN(CC(=O)N(C)C)C(=O)C(=O)O. The number of carbonyl (C=O) groups excluding carboxylic acids is 2. The van der Waals surface area contributed by atoms with Crippen molar-refractivity contribution in [2.75, 3.05) is 27.2 Å². The highest BCUT2D eigenvalue weighted by Crippen LogP contribution is 1.92. The summed E-state index contributed by atoms with van der Waals surface area (Å²) >= 11 is 0. The van der Waals surface area contributed by atoms with Crippen LogP contribution in [0.25, 0.3) is 0 Å². The summed E-state index contributed by atoms with van der Waals surface area (Å²) in [6.07, 6.45) is 0. The topological polar surface area (TPSA) is 77.9 Å². The quantitative estimate of drug-likeness (QED) is 0.596. The molecular weight excluding hydrogens is 188 g/mol. The zero-order chi connectivity index (χ0) is 11.3. The summed E-state index contributed by atoms with van der Waals surface area (Å²) in [6.45, 7) is 1.61. The van der Waals surface area contributed by atoms with Gasteiger partial charge in [-0.05, 0) is 6.92 Å². The van der Waals surface area contributed by atoms with Gasteiger partial charge in [0, 0.05) is 20.6 Å². The molecule has 0 aliphatic carbocycles. The van der Waals surface area contributed by atoms with E-state index >= 15 is 0 Å². The van der Waals surface area contributed by atoms with E-state index in [-0.39, 0.29) is 19.0 Å². The van der Waals surface area contributed by atoms with Gasteiger partial charge in [0.1, 0.15) is 6.54 Å². The van der Waals surface area contributed by atoms with Gasteiger partial charge in [-0.25, -0.2) is 4.79 Å². The first-order chi connectivity index (χ1) is 6.40. The first-order valence-electron chi connectivity index (χ1n) is 4.12. The fraction of sp³-hybridized carbons (Fsp3) is 0.625. The Hall–Kier alpha value is -1.59. The van der Waals surface area contributed by atoms with Crippen LogP contribution in [-0.2, 0) is 14.4 Å². The van der Waals surface area contributed by atoms with Gasteiger partial charge in [-0.2, -0.15) is 0 Å². The summed E-state index contributed by atoms with van der Waals surface area (Å²) in [5, 5.41) is 8.42. The van der Waals surface area contributed by atoms with Crippen molar-refractivity contribution in [3.8, 4) is 0 Å². The minimum atomic E-state index is -1.54. The van der Waals surface area contributed by atoms with Crippen molar-refractivity contribution >= 4 is 17.8 Å². The van der Waals surface area contributed by atoms with Gasteiger partial charge in [0.2, 0.25) is 5.91 Å². The minimum absolute atomic E-state index is 0.199. The molecule has 6 nitrogen and oxygen atoms in total. The molecule has 0 bridgehead atoms. The smallest absolute Gasteiger partial charge is 0.394 e. The van der Waals surface area contributed by atoms with E-state index in [0.717, 1.165) is 4.90 Å². The Balaban J connectivity index is 4.37. The normalized spacial score (nSPS) is 9.36. The molecule has 0 fully saturated rings. The number of nitrogens with zero attached hydrogens (tertiary/aromatic N) is 2. The Labute approximate surface area is 82.1 Å². The molecule has 80 valence electrons. The molecule has 0 saturated heterocycles. The Bertz CT molecular complexity index is 250. The Morgan fingerprint density at radius 3 is 2.00 bits per heavy atom. The van der Waals surface area contributed by atoms with Crippen molar-refractivity contribution in [2.24, 2.45) is 0 Å². The fourth-order valence-electron chi connectivity index (χ4n) is 0.767. The standard InChI is InChI=1S/C8H14N2O4/c1-4-10(7(12)8(13)14)5-6(11)9(2)3/h4-5H2,1-3H3,(H,13,14). The Morgan fingerprint density at radius 2 is 1.71 bits per heavy atom. The van der Waals surface area contributed by atoms with Crippen molar-refractivity contribution in [1.82, 2.24) is 9.80 Å². The van der Waals surface area contributed by atoms with Crippen LogP contribution in [0.3, 0.4) is 0 Å². The highest BCUT2D eigenvalue weighted by atomic mass is 16.4.